The fourth-order valence-corrected chi connectivity index (χ4v) is 2.87. The summed E-state index contributed by atoms with van der Waals surface area (Å²) in [4.78, 5) is 14.0. The first-order valence-electron chi connectivity index (χ1n) is 6.45. The molecule has 0 N–H and O–H groups in total. The van der Waals surface area contributed by atoms with Gasteiger partial charge in [-0.05, 0) is 25.3 Å². The standard InChI is InChI=1S/C15H17INO2S.Y/c1-3-17-14(9-8-13(16)15(17)18)11-4-6-12(7-5-11)19-10-20-2;/h4-7,13H,3,8,10H2,1-2H3;/q-1;. The molecule has 1 aliphatic rings. The number of rotatable bonds is 5. The molecule has 1 amide bonds. The number of carbonyl (C=O) groups is 1. The van der Waals surface area contributed by atoms with Gasteiger partial charge in [0.15, 0.2) is 0 Å². The molecule has 0 saturated carbocycles. The second-order valence-corrected chi connectivity index (χ2v) is 6.67. The molecule has 1 radical (unpaired) electrons. The summed E-state index contributed by atoms with van der Waals surface area (Å²) < 4.78 is 5.54. The van der Waals surface area contributed by atoms with Gasteiger partial charge in [0.2, 0.25) is 5.91 Å². The number of ether oxygens (including phenoxy) is 1. The number of alkyl halides is 1. The summed E-state index contributed by atoms with van der Waals surface area (Å²) >= 11 is 3.82. The van der Waals surface area contributed by atoms with Gasteiger partial charge in [-0.2, -0.15) is 5.56 Å². The van der Waals surface area contributed by atoms with Crippen molar-refractivity contribution in [3.8, 4) is 5.75 Å². The van der Waals surface area contributed by atoms with Crippen LogP contribution < -0.4 is 4.74 Å². The number of carbonyl (C=O) groups excluding carboxylic acids is 1. The predicted molar refractivity (Wildman–Crippen MR) is 91.9 cm³/mol. The van der Waals surface area contributed by atoms with E-state index in [4.69, 9.17) is 4.74 Å². The van der Waals surface area contributed by atoms with Crippen LogP contribution in [0.4, 0.5) is 0 Å². The number of hydrogen-bond donors (Lipinski definition) is 0. The molecule has 2 rings (SSSR count). The van der Waals surface area contributed by atoms with E-state index in [-0.39, 0.29) is 42.5 Å². The van der Waals surface area contributed by atoms with Crippen LogP contribution in [0.15, 0.2) is 24.3 Å². The van der Waals surface area contributed by atoms with Crippen molar-refractivity contribution in [2.75, 3.05) is 18.7 Å². The molecule has 1 aromatic carbocycles. The monoisotopic (exact) mass is 491 g/mol. The number of nitrogens with zero attached hydrogens (tertiary/aromatic N) is 1. The first-order chi connectivity index (χ1) is 9.67. The third-order valence-corrected chi connectivity index (χ3v) is 4.37. The zero-order valence-corrected chi connectivity index (χ0v) is 17.9. The van der Waals surface area contributed by atoms with E-state index in [1.807, 2.05) is 37.4 Å². The Morgan fingerprint density at radius 2 is 2.10 bits per heavy atom. The average Bonchev–Trinajstić information content (AvgIpc) is 2.48. The Hall–Kier alpha value is 0.414. The molecule has 1 atom stereocenters. The van der Waals surface area contributed by atoms with Gasteiger partial charge < -0.3 is 9.64 Å². The van der Waals surface area contributed by atoms with Crippen molar-refractivity contribution in [1.82, 2.24) is 4.90 Å². The largest absolute Gasteiger partial charge is 0.483 e. The smallest absolute Gasteiger partial charge is 0.235 e. The number of amides is 1. The van der Waals surface area contributed by atoms with E-state index < -0.39 is 0 Å². The van der Waals surface area contributed by atoms with Crippen LogP contribution in [0.2, 0.25) is 0 Å². The van der Waals surface area contributed by atoms with Gasteiger partial charge in [0.1, 0.15) is 11.7 Å². The molecule has 111 valence electrons. The Morgan fingerprint density at radius 3 is 2.67 bits per heavy atom. The van der Waals surface area contributed by atoms with Gasteiger partial charge >= 0.3 is 0 Å². The number of halogens is 1. The topological polar surface area (TPSA) is 29.5 Å². The molecule has 0 saturated heterocycles. The molecule has 0 spiro atoms. The Kier molecular flexibility index (Phi) is 8.83. The van der Waals surface area contributed by atoms with Crippen LogP contribution in [0.5, 0.6) is 5.75 Å². The van der Waals surface area contributed by atoms with E-state index in [9.17, 15) is 4.79 Å². The van der Waals surface area contributed by atoms with E-state index in [0.717, 1.165) is 17.0 Å². The summed E-state index contributed by atoms with van der Waals surface area (Å²) in [6.45, 7) is 2.66. The molecular formula is C15H17INO2SY-. The molecule has 1 aliphatic heterocycles. The van der Waals surface area contributed by atoms with Crippen LogP contribution in [0.3, 0.4) is 0 Å². The zero-order chi connectivity index (χ0) is 14.5. The molecule has 0 bridgehead atoms. The van der Waals surface area contributed by atoms with E-state index >= 15 is 0 Å². The first-order valence-corrected chi connectivity index (χ1v) is 9.09. The fraction of sp³-hybridized carbons (Fsp3) is 0.400. The molecule has 0 aromatic heterocycles. The summed E-state index contributed by atoms with van der Waals surface area (Å²) in [6, 6.07) is 7.85. The van der Waals surface area contributed by atoms with Gasteiger partial charge in [-0.1, -0.05) is 29.0 Å². The minimum atomic E-state index is 0. The molecular weight excluding hydrogens is 474 g/mol. The molecule has 6 heteroatoms. The van der Waals surface area contributed by atoms with Crippen molar-refractivity contribution in [3.63, 3.8) is 0 Å². The third-order valence-electron chi connectivity index (χ3n) is 3.04. The third kappa shape index (κ3) is 4.94. The number of allylic oxidation sites excluding steroid dienone is 1. The van der Waals surface area contributed by atoms with Gasteiger partial charge in [-0.3, -0.25) is 4.79 Å². The van der Waals surface area contributed by atoms with Gasteiger partial charge in [0.05, 0.1) is 3.92 Å². The van der Waals surface area contributed by atoms with Crippen LogP contribution in [-0.4, -0.2) is 33.5 Å². The van der Waals surface area contributed by atoms with Crippen molar-refractivity contribution in [2.45, 2.75) is 17.3 Å². The van der Waals surface area contributed by atoms with Gasteiger partial charge in [-0.15, -0.1) is 29.6 Å². The van der Waals surface area contributed by atoms with Crippen molar-refractivity contribution in [2.24, 2.45) is 0 Å². The van der Waals surface area contributed by atoms with Crippen molar-refractivity contribution >= 4 is 46.0 Å². The maximum absolute atomic E-state index is 12.2. The molecule has 3 nitrogen and oxygen atoms in total. The quantitative estimate of drug-likeness (QED) is 0.273. The van der Waals surface area contributed by atoms with Crippen LogP contribution in [0.1, 0.15) is 18.9 Å². The summed E-state index contributed by atoms with van der Waals surface area (Å²) in [5, 5.41) is 0. The molecule has 1 aromatic rings. The minimum Gasteiger partial charge on any atom is -0.483 e. The maximum Gasteiger partial charge on any atom is 0.235 e. The average molecular weight is 491 g/mol. The van der Waals surface area contributed by atoms with Gasteiger partial charge in [0, 0.05) is 39.3 Å². The normalized spacial score (nSPS) is 18.0. The Labute approximate surface area is 169 Å². The zero-order valence-electron chi connectivity index (χ0n) is 12.1. The van der Waals surface area contributed by atoms with Crippen LogP contribution in [-0.2, 0) is 37.5 Å². The van der Waals surface area contributed by atoms with E-state index in [2.05, 4.69) is 28.7 Å². The van der Waals surface area contributed by atoms with Crippen LogP contribution in [0, 0.1) is 6.08 Å². The molecule has 1 heterocycles. The predicted octanol–water partition coefficient (Wildman–Crippen LogP) is 3.58. The SMILES string of the molecule is CCN1C(=O)C(I)C[C-]=C1c1ccc(OCSC)cc1.[Y]. The Balaban J connectivity index is 0.00000220. The van der Waals surface area contributed by atoms with Crippen LogP contribution >= 0.6 is 34.4 Å². The fourth-order valence-electron chi connectivity index (χ4n) is 2.06. The van der Waals surface area contributed by atoms with Gasteiger partial charge in [0.25, 0.3) is 0 Å². The second-order valence-electron chi connectivity index (χ2n) is 4.35. The second kappa shape index (κ2) is 9.53. The van der Waals surface area contributed by atoms with Crippen LogP contribution in [0.25, 0.3) is 5.70 Å². The first kappa shape index (κ1) is 19.5. The van der Waals surface area contributed by atoms with E-state index in [0.29, 0.717) is 18.9 Å². The summed E-state index contributed by atoms with van der Waals surface area (Å²) in [5.41, 5.74) is 1.90. The maximum atomic E-state index is 12.2. The number of hydrogen-bond acceptors (Lipinski definition) is 3. The summed E-state index contributed by atoms with van der Waals surface area (Å²) in [5.74, 6) is 1.66. The molecule has 1 unspecified atom stereocenters. The molecule has 21 heavy (non-hydrogen) atoms. The van der Waals surface area contributed by atoms with Crippen molar-refractivity contribution < 1.29 is 42.2 Å². The van der Waals surface area contributed by atoms with Crippen molar-refractivity contribution in [3.05, 3.63) is 35.9 Å². The number of benzene rings is 1. The number of thioether (sulfide) groups is 1. The van der Waals surface area contributed by atoms with Gasteiger partial charge in [-0.25, -0.2) is 6.08 Å². The van der Waals surface area contributed by atoms with E-state index in [1.54, 1.807) is 16.7 Å². The van der Waals surface area contributed by atoms with E-state index in [1.165, 1.54) is 0 Å². The molecule has 0 fully saturated rings. The Bertz CT molecular complexity index is 507. The molecule has 0 aliphatic carbocycles. The van der Waals surface area contributed by atoms with Crippen molar-refractivity contribution in [1.29, 1.82) is 0 Å². The summed E-state index contributed by atoms with van der Waals surface area (Å²) in [6.07, 6.45) is 6.03. The Morgan fingerprint density at radius 1 is 1.43 bits per heavy atom. The minimum absolute atomic E-state index is 0. The summed E-state index contributed by atoms with van der Waals surface area (Å²) in [7, 11) is 0.